The number of carbonyl (C=O) groups is 1. The average molecular weight is 309 g/mol. The lowest BCUT2D eigenvalue weighted by atomic mass is 9.94. The van der Waals surface area contributed by atoms with E-state index in [0.29, 0.717) is 6.42 Å². The molecule has 0 aromatic heterocycles. The molecule has 5 nitrogen and oxygen atoms in total. The fraction of sp³-hybridized carbons (Fsp3) is 0.533. The number of hydrogen-bond acceptors (Lipinski definition) is 4. The first kappa shape index (κ1) is 14.4. The van der Waals surface area contributed by atoms with E-state index in [0.717, 1.165) is 24.2 Å². The van der Waals surface area contributed by atoms with Gasteiger partial charge in [0, 0.05) is 6.04 Å². The molecule has 114 valence electrons. The van der Waals surface area contributed by atoms with Crippen LogP contribution in [0.15, 0.2) is 24.3 Å². The van der Waals surface area contributed by atoms with Crippen LogP contribution in [0.5, 0.6) is 5.75 Å². The summed E-state index contributed by atoms with van der Waals surface area (Å²) in [6.45, 7) is 0. The average Bonchev–Trinajstić information content (AvgIpc) is 3.20. The van der Waals surface area contributed by atoms with Crippen molar-refractivity contribution in [3.8, 4) is 5.75 Å². The summed E-state index contributed by atoms with van der Waals surface area (Å²) in [7, 11) is -1.36. The summed E-state index contributed by atoms with van der Waals surface area (Å²) < 4.78 is 28.1. The molecule has 21 heavy (non-hydrogen) atoms. The number of nitrogens with one attached hydrogen (secondary N) is 1. The highest BCUT2D eigenvalue weighted by Crippen LogP contribution is 2.48. The third-order valence-electron chi connectivity index (χ3n) is 4.39. The molecule has 0 spiro atoms. The zero-order valence-corrected chi connectivity index (χ0v) is 12.8. The van der Waals surface area contributed by atoms with E-state index in [-0.39, 0.29) is 23.5 Å². The molecule has 3 rings (SSSR count). The number of benzene rings is 1. The van der Waals surface area contributed by atoms with E-state index in [1.807, 2.05) is 24.3 Å². The van der Waals surface area contributed by atoms with Crippen molar-refractivity contribution in [2.24, 2.45) is 0 Å². The Morgan fingerprint density at radius 2 is 1.95 bits per heavy atom. The molecule has 1 unspecified atom stereocenters. The second-order valence-electron chi connectivity index (χ2n) is 5.88. The Bertz CT molecular complexity index is 647. The van der Waals surface area contributed by atoms with Crippen LogP contribution in [0, 0.1) is 0 Å². The number of rotatable bonds is 4. The molecule has 2 aliphatic rings. The van der Waals surface area contributed by atoms with Gasteiger partial charge in [0.2, 0.25) is 5.91 Å². The van der Waals surface area contributed by atoms with E-state index in [1.54, 1.807) is 7.11 Å². The first-order chi connectivity index (χ1) is 9.95. The summed E-state index contributed by atoms with van der Waals surface area (Å²) in [5, 5.41) is 2.91. The zero-order valence-electron chi connectivity index (χ0n) is 12.0. The molecule has 1 amide bonds. The number of amides is 1. The Labute approximate surface area is 124 Å². The van der Waals surface area contributed by atoms with Crippen LogP contribution >= 0.6 is 0 Å². The highest BCUT2D eigenvalue weighted by Gasteiger charge is 2.52. The molecular weight excluding hydrogens is 290 g/mol. The van der Waals surface area contributed by atoms with Crippen LogP contribution in [0.4, 0.5) is 0 Å². The topological polar surface area (TPSA) is 72.5 Å². The maximum atomic E-state index is 12.5. The maximum absolute atomic E-state index is 12.5. The van der Waals surface area contributed by atoms with Gasteiger partial charge in [-0.2, -0.15) is 0 Å². The molecule has 0 radical (unpaired) electrons. The van der Waals surface area contributed by atoms with Gasteiger partial charge in [-0.3, -0.25) is 4.79 Å². The van der Waals surface area contributed by atoms with E-state index in [9.17, 15) is 13.2 Å². The molecular formula is C15H19NO4S. The largest absolute Gasteiger partial charge is 0.497 e. The Balaban J connectivity index is 1.71. The lowest BCUT2D eigenvalue weighted by Crippen LogP contribution is -2.42. The number of sulfone groups is 1. The fourth-order valence-electron chi connectivity index (χ4n) is 2.91. The molecule has 1 saturated heterocycles. The second kappa shape index (κ2) is 5.02. The molecule has 1 atom stereocenters. The monoisotopic (exact) mass is 309 g/mol. The summed E-state index contributed by atoms with van der Waals surface area (Å²) in [4.78, 5) is 12.5. The predicted molar refractivity (Wildman–Crippen MR) is 79.1 cm³/mol. The van der Waals surface area contributed by atoms with E-state index in [2.05, 4.69) is 5.32 Å². The van der Waals surface area contributed by atoms with Crippen LogP contribution in [-0.4, -0.2) is 39.0 Å². The molecule has 2 fully saturated rings. The van der Waals surface area contributed by atoms with Crippen LogP contribution in [0.1, 0.15) is 24.8 Å². The van der Waals surface area contributed by atoms with Gasteiger partial charge in [-0.25, -0.2) is 8.42 Å². The minimum atomic E-state index is -2.97. The zero-order chi connectivity index (χ0) is 15.1. The minimum Gasteiger partial charge on any atom is -0.497 e. The van der Waals surface area contributed by atoms with Gasteiger partial charge in [0.05, 0.1) is 24.0 Å². The van der Waals surface area contributed by atoms with Crippen molar-refractivity contribution in [1.82, 2.24) is 5.32 Å². The molecule has 1 saturated carbocycles. The van der Waals surface area contributed by atoms with Gasteiger partial charge in [-0.05, 0) is 37.0 Å². The van der Waals surface area contributed by atoms with Gasteiger partial charge in [-0.15, -0.1) is 0 Å². The second-order valence-corrected chi connectivity index (χ2v) is 8.11. The van der Waals surface area contributed by atoms with Gasteiger partial charge in [0.15, 0.2) is 9.84 Å². The van der Waals surface area contributed by atoms with Crippen molar-refractivity contribution in [2.45, 2.75) is 30.7 Å². The SMILES string of the molecule is COc1ccc(C2(C(=O)NC3CCS(=O)(=O)C3)CC2)cc1. The summed E-state index contributed by atoms with van der Waals surface area (Å²) in [6, 6.07) is 7.29. The summed E-state index contributed by atoms with van der Waals surface area (Å²) in [6.07, 6.45) is 2.14. The third-order valence-corrected chi connectivity index (χ3v) is 6.16. The molecule has 0 bridgehead atoms. The Hall–Kier alpha value is -1.56. The standard InChI is InChI=1S/C15H19NO4S/c1-20-13-4-2-11(3-5-13)15(7-8-15)14(17)16-12-6-9-21(18,19)10-12/h2-5,12H,6-10H2,1H3,(H,16,17). The lowest BCUT2D eigenvalue weighted by molar-refractivity contribution is -0.124. The van der Waals surface area contributed by atoms with Gasteiger partial charge in [0.1, 0.15) is 5.75 Å². The van der Waals surface area contributed by atoms with E-state index in [1.165, 1.54) is 0 Å². The van der Waals surface area contributed by atoms with Crippen molar-refractivity contribution >= 4 is 15.7 Å². The predicted octanol–water partition coefficient (Wildman–Crippen LogP) is 1.03. The molecule has 1 N–H and O–H groups in total. The number of methoxy groups -OCH3 is 1. The Morgan fingerprint density at radius 1 is 1.29 bits per heavy atom. The first-order valence-corrected chi connectivity index (χ1v) is 8.93. The van der Waals surface area contributed by atoms with Gasteiger partial charge < -0.3 is 10.1 Å². The van der Waals surface area contributed by atoms with Crippen LogP contribution < -0.4 is 10.1 Å². The molecule has 1 aliphatic carbocycles. The van der Waals surface area contributed by atoms with Crippen molar-refractivity contribution < 1.29 is 17.9 Å². The quantitative estimate of drug-likeness (QED) is 0.901. The van der Waals surface area contributed by atoms with Crippen LogP contribution in [-0.2, 0) is 20.0 Å². The Morgan fingerprint density at radius 3 is 2.43 bits per heavy atom. The summed E-state index contributed by atoms with van der Waals surface area (Å²) in [5.41, 5.74) is 0.500. The number of carbonyl (C=O) groups excluding carboxylic acids is 1. The van der Waals surface area contributed by atoms with Gasteiger partial charge in [0.25, 0.3) is 0 Å². The van der Waals surface area contributed by atoms with Gasteiger partial charge >= 0.3 is 0 Å². The first-order valence-electron chi connectivity index (χ1n) is 7.11. The highest BCUT2D eigenvalue weighted by atomic mass is 32.2. The normalized spacial score (nSPS) is 25.3. The highest BCUT2D eigenvalue weighted by molar-refractivity contribution is 7.91. The summed E-state index contributed by atoms with van der Waals surface area (Å²) in [5.74, 6) is 0.955. The van der Waals surface area contributed by atoms with E-state index in [4.69, 9.17) is 4.74 Å². The lowest BCUT2D eigenvalue weighted by Gasteiger charge is -2.19. The number of ether oxygens (including phenoxy) is 1. The maximum Gasteiger partial charge on any atom is 0.230 e. The van der Waals surface area contributed by atoms with Crippen molar-refractivity contribution in [1.29, 1.82) is 0 Å². The van der Waals surface area contributed by atoms with Crippen molar-refractivity contribution in [3.63, 3.8) is 0 Å². The van der Waals surface area contributed by atoms with Crippen LogP contribution in [0.3, 0.4) is 0 Å². The Kier molecular flexibility index (Phi) is 3.43. The molecule has 1 aromatic rings. The van der Waals surface area contributed by atoms with E-state index >= 15 is 0 Å². The molecule has 1 heterocycles. The van der Waals surface area contributed by atoms with Crippen LogP contribution in [0.2, 0.25) is 0 Å². The fourth-order valence-corrected chi connectivity index (χ4v) is 4.59. The molecule has 1 aromatic carbocycles. The molecule has 1 aliphatic heterocycles. The van der Waals surface area contributed by atoms with Gasteiger partial charge in [-0.1, -0.05) is 12.1 Å². The van der Waals surface area contributed by atoms with Crippen LogP contribution in [0.25, 0.3) is 0 Å². The summed E-state index contributed by atoms with van der Waals surface area (Å²) >= 11 is 0. The van der Waals surface area contributed by atoms with E-state index < -0.39 is 15.3 Å². The third kappa shape index (κ3) is 2.77. The smallest absolute Gasteiger partial charge is 0.230 e. The number of hydrogen-bond donors (Lipinski definition) is 1. The molecule has 6 heteroatoms. The van der Waals surface area contributed by atoms with Crippen molar-refractivity contribution in [3.05, 3.63) is 29.8 Å². The minimum absolute atomic E-state index is 0.0465. The van der Waals surface area contributed by atoms with Crippen molar-refractivity contribution in [2.75, 3.05) is 18.6 Å².